The van der Waals surface area contributed by atoms with Crippen molar-refractivity contribution < 1.29 is 23.5 Å². The molecule has 1 fully saturated rings. The minimum absolute atomic E-state index is 0.00314. The zero-order valence-electron chi connectivity index (χ0n) is 15.3. The van der Waals surface area contributed by atoms with Crippen molar-refractivity contribution in [2.45, 2.75) is 12.8 Å². The second kappa shape index (κ2) is 8.07. The number of ether oxygens (including phenoxy) is 2. The van der Waals surface area contributed by atoms with Crippen molar-refractivity contribution >= 4 is 17.5 Å². The van der Waals surface area contributed by atoms with Crippen molar-refractivity contribution in [3.63, 3.8) is 0 Å². The van der Waals surface area contributed by atoms with Crippen molar-refractivity contribution in [1.29, 1.82) is 0 Å². The van der Waals surface area contributed by atoms with Gasteiger partial charge >= 0.3 is 0 Å². The Balaban J connectivity index is 1.97. The number of carbonyl (C=O) groups excluding carboxylic acids is 2. The van der Waals surface area contributed by atoms with Crippen molar-refractivity contribution in [3.8, 4) is 11.5 Å². The molecule has 6 nitrogen and oxygen atoms in total. The van der Waals surface area contributed by atoms with Gasteiger partial charge in [-0.2, -0.15) is 0 Å². The Morgan fingerprint density at radius 1 is 1.15 bits per heavy atom. The molecule has 0 N–H and O–H groups in total. The first-order valence-corrected chi connectivity index (χ1v) is 8.60. The van der Waals surface area contributed by atoms with Gasteiger partial charge in [-0.1, -0.05) is 0 Å². The summed E-state index contributed by atoms with van der Waals surface area (Å²) in [7, 11) is 3.00. The fourth-order valence-electron chi connectivity index (χ4n) is 3.03. The van der Waals surface area contributed by atoms with E-state index in [-0.39, 0.29) is 18.5 Å². The molecule has 0 saturated carbocycles. The van der Waals surface area contributed by atoms with Gasteiger partial charge in [0.15, 0.2) is 0 Å². The summed E-state index contributed by atoms with van der Waals surface area (Å²) in [6.07, 6.45) is 1.23. The van der Waals surface area contributed by atoms with E-state index in [1.54, 1.807) is 23.1 Å². The van der Waals surface area contributed by atoms with E-state index in [4.69, 9.17) is 9.47 Å². The third-order valence-corrected chi connectivity index (χ3v) is 4.51. The van der Waals surface area contributed by atoms with Crippen molar-refractivity contribution in [1.82, 2.24) is 4.90 Å². The number of halogens is 1. The van der Waals surface area contributed by atoms with Crippen LogP contribution in [-0.4, -0.2) is 44.1 Å². The molecule has 1 saturated heterocycles. The van der Waals surface area contributed by atoms with E-state index in [2.05, 4.69) is 0 Å². The molecule has 142 valence electrons. The number of amides is 2. The molecule has 0 spiro atoms. The number of hydrogen-bond donors (Lipinski definition) is 0. The van der Waals surface area contributed by atoms with Gasteiger partial charge in [-0.05, 0) is 42.8 Å². The number of likely N-dealkylation sites (tertiary alicyclic amines) is 1. The van der Waals surface area contributed by atoms with Crippen LogP contribution in [0, 0.1) is 5.82 Å². The summed E-state index contributed by atoms with van der Waals surface area (Å²) in [5.74, 6) is 0.175. The quantitative estimate of drug-likeness (QED) is 0.782. The maximum absolute atomic E-state index is 13.3. The van der Waals surface area contributed by atoms with Crippen molar-refractivity contribution in [2.75, 3.05) is 32.3 Å². The number of anilines is 1. The molecule has 0 radical (unpaired) electrons. The lowest BCUT2D eigenvalue weighted by atomic mass is 10.1. The number of methoxy groups -OCH3 is 2. The lowest BCUT2D eigenvalue weighted by molar-refractivity contribution is -0.127. The third kappa shape index (κ3) is 4.02. The van der Waals surface area contributed by atoms with Gasteiger partial charge in [0.1, 0.15) is 24.0 Å². The summed E-state index contributed by atoms with van der Waals surface area (Å²) in [6, 6.07) is 10.5. The summed E-state index contributed by atoms with van der Waals surface area (Å²) in [5, 5.41) is 0. The molecule has 0 atom stereocenters. The highest BCUT2D eigenvalue weighted by atomic mass is 19.1. The van der Waals surface area contributed by atoms with Crippen LogP contribution >= 0.6 is 0 Å². The molecule has 2 aromatic carbocycles. The Kier molecular flexibility index (Phi) is 5.59. The van der Waals surface area contributed by atoms with Crippen LogP contribution in [0.1, 0.15) is 23.2 Å². The molecule has 0 unspecified atom stereocenters. The molecule has 3 rings (SSSR count). The molecule has 0 aliphatic carbocycles. The van der Waals surface area contributed by atoms with Crippen LogP contribution in [0.4, 0.5) is 10.1 Å². The first kappa shape index (κ1) is 18.7. The topological polar surface area (TPSA) is 59.1 Å². The van der Waals surface area contributed by atoms with Gasteiger partial charge in [0.2, 0.25) is 5.91 Å². The Morgan fingerprint density at radius 3 is 2.48 bits per heavy atom. The number of carbonyl (C=O) groups is 2. The smallest absolute Gasteiger partial charge is 0.263 e. The SMILES string of the molecule is COc1ccc(C(=O)N(CN2CCCC2=O)c2ccc(F)cc2)c(OC)c1. The van der Waals surface area contributed by atoms with Crippen LogP contribution in [0.2, 0.25) is 0 Å². The largest absolute Gasteiger partial charge is 0.497 e. The fraction of sp³-hybridized carbons (Fsp3) is 0.300. The van der Waals surface area contributed by atoms with E-state index in [9.17, 15) is 14.0 Å². The lowest BCUT2D eigenvalue weighted by Crippen LogP contribution is -2.42. The normalized spacial score (nSPS) is 13.6. The summed E-state index contributed by atoms with van der Waals surface area (Å²) < 4.78 is 23.9. The number of nitrogens with zero attached hydrogens (tertiary/aromatic N) is 2. The predicted molar refractivity (Wildman–Crippen MR) is 98.6 cm³/mol. The second-order valence-electron chi connectivity index (χ2n) is 6.18. The number of benzene rings is 2. The monoisotopic (exact) mass is 372 g/mol. The fourth-order valence-corrected chi connectivity index (χ4v) is 3.03. The molecule has 1 aliphatic rings. The standard InChI is InChI=1S/C20H21FN2O4/c1-26-16-9-10-17(18(12-16)27-2)20(25)23(13-22-11-3-4-19(22)24)15-7-5-14(21)6-8-15/h5-10,12H,3-4,11,13H2,1-2H3. The van der Waals surface area contributed by atoms with Crippen LogP contribution in [0.3, 0.4) is 0 Å². The van der Waals surface area contributed by atoms with Gasteiger partial charge in [0.05, 0.1) is 19.8 Å². The highest BCUT2D eigenvalue weighted by molar-refractivity contribution is 6.08. The van der Waals surface area contributed by atoms with E-state index in [1.165, 1.54) is 43.4 Å². The third-order valence-electron chi connectivity index (χ3n) is 4.51. The lowest BCUT2D eigenvalue weighted by Gasteiger charge is -2.28. The summed E-state index contributed by atoms with van der Waals surface area (Å²) in [6.45, 7) is 0.683. The molecule has 7 heteroatoms. The average Bonchev–Trinajstić information content (AvgIpc) is 3.10. The molecule has 2 aromatic rings. The van der Waals surface area contributed by atoms with Crippen LogP contribution in [0.15, 0.2) is 42.5 Å². The molecule has 2 amide bonds. The summed E-state index contributed by atoms with van der Waals surface area (Å²) in [4.78, 5) is 28.4. The summed E-state index contributed by atoms with van der Waals surface area (Å²) in [5.41, 5.74) is 0.827. The number of rotatable bonds is 6. The maximum atomic E-state index is 13.3. The zero-order valence-corrected chi connectivity index (χ0v) is 15.3. The van der Waals surface area contributed by atoms with Gasteiger partial charge in [-0.15, -0.1) is 0 Å². The number of hydrogen-bond acceptors (Lipinski definition) is 4. The van der Waals surface area contributed by atoms with Crippen LogP contribution in [-0.2, 0) is 4.79 Å². The van der Waals surface area contributed by atoms with Gasteiger partial charge < -0.3 is 14.4 Å². The Bertz CT molecular complexity index is 838. The Morgan fingerprint density at radius 2 is 1.89 bits per heavy atom. The minimum atomic E-state index is -0.398. The molecular formula is C20H21FN2O4. The van der Waals surface area contributed by atoms with Gasteiger partial charge in [0, 0.05) is 24.7 Å². The minimum Gasteiger partial charge on any atom is -0.497 e. The van der Waals surface area contributed by atoms with Crippen molar-refractivity contribution in [2.24, 2.45) is 0 Å². The molecule has 1 heterocycles. The first-order valence-electron chi connectivity index (χ1n) is 8.60. The maximum Gasteiger partial charge on any atom is 0.263 e. The highest BCUT2D eigenvalue weighted by Gasteiger charge is 2.28. The van der Waals surface area contributed by atoms with E-state index < -0.39 is 5.82 Å². The Labute approximate surface area is 157 Å². The van der Waals surface area contributed by atoms with Gasteiger partial charge in [-0.25, -0.2) is 4.39 Å². The molecule has 0 bridgehead atoms. The van der Waals surface area contributed by atoms with Crippen LogP contribution in [0.5, 0.6) is 11.5 Å². The van der Waals surface area contributed by atoms with E-state index in [0.717, 1.165) is 6.42 Å². The Hall–Kier alpha value is -3.09. The van der Waals surface area contributed by atoms with Gasteiger partial charge in [-0.3, -0.25) is 14.5 Å². The molecule has 1 aliphatic heterocycles. The van der Waals surface area contributed by atoms with E-state index in [0.29, 0.717) is 35.7 Å². The zero-order chi connectivity index (χ0) is 19.4. The average molecular weight is 372 g/mol. The molecule has 0 aromatic heterocycles. The van der Waals surface area contributed by atoms with E-state index >= 15 is 0 Å². The molecule has 27 heavy (non-hydrogen) atoms. The van der Waals surface area contributed by atoms with Crippen molar-refractivity contribution in [3.05, 3.63) is 53.8 Å². The highest BCUT2D eigenvalue weighted by Crippen LogP contribution is 2.28. The van der Waals surface area contributed by atoms with Crippen LogP contribution in [0.25, 0.3) is 0 Å². The van der Waals surface area contributed by atoms with Crippen LogP contribution < -0.4 is 14.4 Å². The second-order valence-corrected chi connectivity index (χ2v) is 6.18. The van der Waals surface area contributed by atoms with E-state index in [1.807, 2.05) is 0 Å². The molecular weight excluding hydrogens is 351 g/mol. The summed E-state index contributed by atoms with van der Waals surface area (Å²) >= 11 is 0. The predicted octanol–water partition coefficient (Wildman–Crippen LogP) is 3.07. The first-order chi connectivity index (χ1) is 13.0. The van der Waals surface area contributed by atoms with Gasteiger partial charge in [0.25, 0.3) is 5.91 Å².